The smallest absolute Gasteiger partial charge is 0.123 e. The Hall–Kier alpha value is -1.68. The van der Waals surface area contributed by atoms with Gasteiger partial charge in [-0.1, -0.05) is 12.1 Å². The SMILES string of the molecule is CC(NC(C)c1ncc[nH]1)c1ccc(F)cc1. The van der Waals surface area contributed by atoms with Gasteiger partial charge in [-0.25, -0.2) is 9.37 Å². The molecular formula is C13H16FN3. The normalized spacial score (nSPS) is 14.5. The average Bonchev–Trinajstić information content (AvgIpc) is 2.83. The van der Waals surface area contributed by atoms with Gasteiger partial charge in [-0.3, -0.25) is 0 Å². The van der Waals surface area contributed by atoms with Gasteiger partial charge in [0.25, 0.3) is 0 Å². The lowest BCUT2D eigenvalue weighted by molar-refractivity contribution is 0.478. The molecule has 1 heterocycles. The molecule has 2 aromatic rings. The average molecular weight is 233 g/mol. The van der Waals surface area contributed by atoms with E-state index in [1.54, 1.807) is 24.5 Å². The summed E-state index contributed by atoms with van der Waals surface area (Å²) >= 11 is 0. The number of nitrogens with one attached hydrogen (secondary N) is 2. The summed E-state index contributed by atoms with van der Waals surface area (Å²) in [4.78, 5) is 7.27. The molecule has 2 rings (SSSR count). The molecule has 0 amide bonds. The molecule has 1 aromatic heterocycles. The molecule has 1 aromatic carbocycles. The van der Waals surface area contributed by atoms with Crippen molar-refractivity contribution >= 4 is 0 Å². The van der Waals surface area contributed by atoms with E-state index in [-0.39, 0.29) is 17.9 Å². The minimum atomic E-state index is -0.208. The molecular weight excluding hydrogens is 217 g/mol. The van der Waals surface area contributed by atoms with Crippen LogP contribution in [0.4, 0.5) is 4.39 Å². The Labute approximate surface area is 100 Å². The van der Waals surface area contributed by atoms with Crippen molar-refractivity contribution in [1.29, 1.82) is 0 Å². The van der Waals surface area contributed by atoms with E-state index < -0.39 is 0 Å². The van der Waals surface area contributed by atoms with Crippen LogP contribution in [-0.2, 0) is 0 Å². The van der Waals surface area contributed by atoms with Crippen molar-refractivity contribution in [2.24, 2.45) is 0 Å². The van der Waals surface area contributed by atoms with E-state index in [0.29, 0.717) is 0 Å². The van der Waals surface area contributed by atoms with Gasteiger partial charge in [-0.15, -0.1) is 0 Å². The van der Waals surface area contributed by atoms with Crippen molar-refractivity contribution in [2.45, 2.75) is 25.9 Å². The maximum absolute atomic E-state index is 12.8. The van der Waals surface area contributed by atoms with E-state index in [4.69, 9.17) is 0 Å². The molecule has 0 fully saturated rings. The van der Waals surface area contributed by atoms with E-state index in [0.717, 1.165) is 11.4 Å². The Balaban J connectivity index is 2.01. The number of H-pyrrole nitrogens is 1. The summed E-state index contributed by atoms with van der Waals surface area (Å²) in [6.07, 6.45) is 3.53. The molecule has 0 aliphatic rings. The highest BCUT2D eigenvalue weighted by Crippen LogP contribution is 2.17. The van der Waals surface area contributed by atoms with Crippen molar-refractivity contribution in [2.75, 3.05) is 0 Å². The molecule has 2 N–H and O–H groups in total. The third kappa shape index (κ3) is 2.91. The molecule has 0 radical (unpaired) electrons. The van der Waals surface area contributed by atoms with E-state index >= 15 is 0 Å². The van der Waals surface area contributed by atoms with Gasteiger partial charge in [-0.05, 0) is 31.5 Å². The van der Waals surface area contributed by atoms with Crippen LogP contribution in [0.3, 0.4) is 0 Å². The van der Waals surface area contributed by atoms with Crippen LogP contribution < -0.4 is 5.32 Å². The van der Waals surface area contributed by atoms with Crippen LogP contribution in [0.1, 0.15) is 37.3 Å². The lowest BCUT2D eigenvalue weighted by Crippen LogP contribution is -2.23. The largest absolute Gasteiger partial charge is 0.347 e. The van der Waals surface area contributed by atoms with Crippen molar-refractivity contribution < 1.29 is 4.39 Å². The van der Waals surface area contributed by atoms with Gasteiger partial charge in [0, 0.05) is 18.4 Å². The van der Waals surface area contributed by atoms with Gasteiger partial charge >= 0.3 is 0 Å². The molecule has 0 aliphatic carbocycles. The molecule has 0 saturated heterocycles. The first-order valence-electron chi connectivity index (χ1n) is 5.67. The standard InChI is InChI=1S/C13H16FN3/c1-9(11-3-5-12(14)6-4-11)17-10(2)13-15-7-8-16-13/h3-10,17H,1-2H3,(H,15,16). The molecule has 0 spiro atoms. The predicted octanol–water partition coefficient (Wildman–Crippen LogP) is 2.96. The number of halogens is 1. The number of imidazole rings is 1. The summed E-state index contributed by atoms with van der Waals surface area (Å²) in [5, 5.41) is 3.40. The first-order chi connectivity index (χ1) is 8.16. The summed E-state index contributed by atoms with van der Waals surface area (Å²) in [5.41, 5.74) is 1.06. The van der Waals surface area contributed by atoms with E-state index in [2.05, 4.69) is 15.3 Å². The highest BCUT2D eigenvalue weighted by atomic mass is 19.1. The summed E-state index contributed by atoms with van der Waals surface area (Å²) in [5.74, 6) is 0.694. The van der Waals surface area contributed by atoms with Crippen LogP contribution in [0, 0.1) is 5.82 Å². The molecule has 4 heteroatoms. The number of hydrogen-bond donors (Lipinski definition) is 2. The van der Waals surface area contributed by atoms with Crippen LogP contribution >= 0.6 is 0 Å². The maximum atomic E-state index is 12.8. The van der Waals surface area contributed by atoms with Crippen LogP contribution in [0.2, 0.25) is 0 Å². The minimum Gasteiger partial charge on any atom is -0.347 e. The van der Waals surface area contributed by atoms with Gasteiger partial charge < -0.3 is 10.3 Å². The van der Waals surface area contributed by atoms with Crippen LogP contribution in [0.25, 0.3) is 0 Å². The number of rotatable bonds is 4. The molecule has 0 aliphatic heterocycles. The monoisotopic (exact) mass is 233 g/mol. The number of aromatic nitrogens is 2. The van der Waals surface area contributed by atoms with Crippen LogP contribution in [0.5, 0.6) is 0 Å². The Morgan fingerprint density at radius 3 is 2.47 bits per heavy atom. The van der Waals surface area contributed by atoms with Crippen molar-refractivity contribution in [3.63, 3.8) is 0 Å². The molecule has 0 saturated carbocycles. The number of hydrogen-bond acceptors (Lipinski definition) is 2. The van der Waals surface area contributed by atoms with Crippen molar-refractivity contribution in [3.8, 4) is 0 Å². The highest BCUT2D eigenvalue weighted by molar-refractivity contribution is 5.19. The second-order valence-corrected chi connectivity index (χ2v) is 4.14. The van der Waals surface area contributed by atoms with Gasteiger partial charge in [-0.2, -0.15) is 0 Å². The zero-order valence-corrected chi connectivity index (χ0v) is 9.94. The van der Waals surface area contributed by atoms with E-state index in [1.807, 2.05) is 13.8 Å². The second-order valence-electron chi connectivity index (χ2n) is 4.14. The molecule has 2 atom stereocenters. The summed E-state index contributed by atoms with van der Waals surface area (Å²) in [6.45, 7) is 4.09. The molecule has 17 heavy (non-hydrogen) atoms. The molecule has 2 unspecified atom stereocenters. The van der Waals surface area contributed by atoms with E-state index in [9.17, 15) is 4.39 Å². The third-order valence-corrected chi connectivity index (χ3v) is 2.80. The quantitative estimate of drug-likeness (QED) is 0.852. The van der Waals surface area contributed by atoms with Crippen LogP contribution in [0.15, 0.2) is 36.7 Å². The first kappa shape index (κ1) is 11.8. The topological polar surface area (TPSA) is 40.7 Å². The molecule has 3 nitrogen and oxygen atoms in total. The summed E-state index contributed by atoms with van der Waals surface area (Å²) in [7, 11) is 0. The number of aromatic amines is 1. The lowest BCUT2D eigenvalue weighted by Gasteiger charge is -2.18. The Kier molecular flexibility index (Phi) is 3.54. The second kappa shape index (κ2) is 5.10. The predicted molar refractivity (Wildman–Crippen MR) is 65.0 cm³/mol. The minimum absolute atomic E-state index is 0.130. The summed E-state index contributed by atoms with van der Waals surface area (Å²) < 4.78 is 12.8. The maximum Gasteiger partial charge on any atom is 0.123 e. The Bertz CT molecular complexity index is 450. The Morgan fingerprint density at radius 1 is 1.18 bits per heavy atom. The molecule has 90 valence electrons. The van der Waals surface area contributed by atoms with Gasteiger partial charge in [0.15, 0.2) is 0 Å². The number of nitrogens with zero attached hydrogens (tertiary/aromatic N) is 1. The molecule has 0 bridgehead atoms. The van der Waals surface area contributed by atoms with Crippen LogP contribution in [-0.4, -0.2) is 9.97 Å². The fourth-order valence-electron chi connectivity index (χ4n) is 1.82. The van der Waals surface area contributed by atoms with Gasteiger partial charge in [0.2, 0.25) is 0 Å². The fraction of sp³-hybridized carbons (Fsp3) is 0.308. The zero-order valence-electron chi connectivity index (χ0n) is 9.94. The first-order valence-corrected chi connectivity index (χ1v) is 5.67. The highest BCUT2D eigenvalue weighted by Gasteiger charge is 2.12. The zero-order chi connectivity index (χ0) is 12.3. The number of benzene rings is 1. The van der Waals surface area contributed by atoms with Gasteiger partial charge in [0.05, 0.1) is 6.04 Å². The Morgan fingerprint density at radius 2 is 1.88 bits per heavy atom. The van der Waals surface area contributed by atoms with Crippen molar-refractivity contribution in [3.05, 3.63) is 53.9 Å². The lowest BCUT2D eigenvalue weighted by atomic mass is 10.1. The third-order valence-electron chi connectivity index (χ3n) is 2.80. The summed E-state index contributed by atoms with van der Waals surface area (Å²) in [6, 6.07) is 6.82. The van der Waals surface area contributed by atoms with Crippen molar-refractivity contribution in [1.82, 2.24) is 15.3 Å². The fourth-order valence-corrected chi connectivity index (χ4v) is 1.82. The van der Waals surface area contributed by atoms with E-state index in [1.165, 1.54) is 12.1 Å². The van der Waals surface area contributed by atoms with Gasteiger partial charge in [0.1, 0.15) is 11.6 Å².